The maximum atomic E-state index is 5.84. The molecule has 2 N–H and O–H groups in total. The zero-order valence-corrected chi connectivity index (χ0v) is 8.62. The third-order valence-electron chi connectivity index (χ3n) is 2.55. The molecule has 0 aliphatic heterocycles. The van der Waals surface area contributed by atoms with Crippen LogP contribution in [0.5, 0.6) is 0 Å². The van der Waals surface area contributed by atoms with Gasteiger partial charge in [-0.25, -0.2) is 0 Å². The van der Waals surface area contributed by atoms with Crippen LogP contribution in [0.1, 0.15) is 24.1 Å². The van der Waals surface area contributed by atoms with E-state index in [0.717, 1.165) is 0 Å². The van der Waals surface area contributed by atoms with E-state index in [2.05, 4.69) is 43.3 Å². The monoisotopic (exact) mass is 185 g/mol. The largest absolute Gasteiger partial charge is 0.324 e. The van der Waals surface area contributed by atoms with Crippen molar-refractivity contribution >= 4 is 10.8 Å². The van der Waals surface area contributed by atoms with E-state index in [4.69, 9.17) is 5.73 Å². The molecule has 0 saturated heterocycles. The fraction of sp³-hybridized carbons (Fsp3) is 0.231. The Morgan fingerprint density at radius 1 is 1.00 bits per heavy atom. The molecular weight excluding hydrogens is 170 g/mol. The van der Waals surface area contributed by atoms with Gasteiger partial charge in [0.15, 0.2) is 0 Å². The fourth-order valence-electron chi connectivity index (χ4n) is 1.67. The van der Waals surface area contributed by atoms with Crippen LogP contribution in [0.25, 0.3) is 10.8 Å². The summed E-state index contributed by atoms with van der Waals surface area (Å²) in [6.07, 6.45) is 0. The van der Waals surface area contributed by atoms with Crippen molar-refractivity contribution in [1.82, 2.24) is 0 Å². The van der Waals surface area contributed by atoms with Crippen LogP contribution in [0.3, 0.4) is 0 Å². The van der Waals surface area contributed by atoms with E-state index in [1.165, 1.54) is 21.9 Å². The molecule has 0 aliphatic rings. The highest BCUT2D eigenvalue weighted by atomic mass is 14.6. The number of aryl methyl sites for hydroxylation is 1. The highest BCUT2D eigenvalue weighted by molar-refractivity contribution is 5.83. The molecule has 1 atom stereocenters. The van der Waals surface area contributed by atoms with Crippen LogP contribution in [0, 0.1) is 6.92 Å². The standard InChI is InChI=1S/C13H15N/c1-9-3-4-11-5-6-12(10(2)14)8-13(11)7-9/h3-8,10H,14H2,1-2H3. The lowest BCUT2D eigenvalue weighted by atomic mass is 10.0. The highest BCUT2D eigenvalue weighted by Gasteiger charge is 2.00. The van der Waals surface area contributed by atoms with Crippen molar-refractivity contribution in [2.24, 2.45) is 5.73 Å². The summed E-state index contributed by atoms with van der Waals surface area (Å²) in [6.45, 7) is 4.12. The van der Waals surface area contributed by atoms with Crippen LogP contribution in [-0.2, 0) is 0 Å². The van der Waals surface area contributed by atoms with Crippen molar-refractivity contribution in [2.75, 3.05) is 0 Å². The summed E-state index contributed by atoms with van der Waals surface area (Å²) in [5.41, 5.74) is 8.33. The summed E-state index contributed by atoms with van der Waals surface area (Å²) in [6, 6.07) is 13.0. The van der Waals surface area contributed by atoms with Gasteiger partial charge in [0, 0.05) is 6.04 Å². The smallest absolute Gasteiger partial charge is 0.0266 e. The van der Waals surface area contributed by atoms with Gasteiger partial charge in [-0.05, 0) is 36.2 Å². The van der Waals surface area contributed by atoms with Gasteiger partial charge in [-0.15, -0.1) is 0 Å². The van der Waals surface area contributed by atoms with Crippen molar-refractivity contribution < 1.29 is 0 Å². The SMILES string of the molecule is Cc1ccc2ccc(C(C)N)cc2c1. The van der Waals surface area contributed by atoms with Crippen molar-refractivity contribution in [3.05, 3.63) is 47.5 Å². The fourth-order valence-corrected chi connectivity index (χ4v) is 1.67. The van der Waals surface area contributed by atoms with Crippen LogP contribution < -0.4 is 5.73 Å². The van der Waals surface area contributed by atoms with Gasteiger partial charge < -0.3 is 5.73 Å². The Hall–Kier alpha value is -1.34. The van der Waals surface area contributed by atoms with E-state index in [0.29, 0.717) is 0 Å². The predicted octanol–water partition coefficient (Wildman–Crippen LogP) is 3.17. The number of hydrogen-bond donors (Lipinski definition) is 1. The molecule has 72 valence electrons. The third-order valence-corrected chi connectivity index (χ3v) is 2.55. The molecule has 1 nitrogen and oxygen atoms in total. The molecule has 0 aliphatic carbocycles. The van der Waals surface area contributed by atoms with Crippen molar-refractivity contribution in [3.63, 3.8) is 0 Å². The summed E-state index contributed by atoms with van der Waals surface area (Å²) < 4.78 is 0. The molecule has 1 unspecified atom stereocenters. The first-order chi connectivity index (χ1) is 6.66. The van der Waals surface area contributed by atoms with Gasteiger partial charge in [0.05, 0.1) is 0 Å². The lowest BCUT2D eigenvalue weighted by Crippen LogP contribution is -2.04. The molecular formula is C13H15N. The van der Waals surface area contributed by atoms with E-state index in [1.807, 2.05) is 6.92 Å². The summed E-state index contributed by atoms with van der Waals surface area (Å²) in [7, 11) is 0. The second-order valence-corrected chi connectivity index (χ2v) is 3.90. The Balaban J connectivity index is 2.63. The van der Waals surface area contributed by atoms with Gasteiger partial charge in [-0.2, -0.15) is 0 Å². The molecule has 0 amide bonds. The van der Waals surface area contributed by atoms with E-state index < -0.39 is 0 Å². The van der Waals surface area contributed by atoms with E-state index >= 15 is 0 Å². The molecule has 2 aromatic carbocycles. The molecule has 0 heterocycles. The van der Waals surface area contributed by atoms with Crippen molar-refractivity contribution in [3.8, 4) is 0 Å². The Morgan fingerprint density at radius 3 is 2.43 bits per heavy atom. The van der Waals surface area contributed by atoms with E-state index in [9.17, 15) is 0 Å². The molecule has 14 heavy (non-hydrogen) atoms. The molecule has 0 radical (unpaired) electrons. The van der Waals surface area contributed by atoms with E-state index in [-0.39, 0.29) is 6.04 Å². The lowest BCUT2D eigenvalue weighted by molar-refractivity contribution is 0.820. The van der Waals surface area contributed by atoms with E-state index in [1.54, 1.807) is 0 Å². The first-order valence-corrected chi connectivity index (χ1v) is 4.93. The van der Waals surface area contributed by atoms with Crippen LogP contribution in [-0.4, -0.2) is 0 Å². The first kappa shape index (κ1) is 9.22. The van der Waals surface area contributed by atoms with Crippen molar-refractivity contribution in [2.45, 2.75) is 19.9 Å². The molecule has 1 heteroatoms. The number of benzene rings is 2. The van der Waals surface area contributed by atoms with Gasteiger partial charge in [0.2, 0.25) is 0 Å². The highest BCUT2D eigenvalue weighted by Crippen LogP contribution is 2.20. The molecule has 0 spiro atoms. The molecule has 0 bridgehead atoms. The Bertz CT molecular complexity index is 458. The zero-order chi connectivity index (χ0) is 10.1. The molecule has 2 aromatic rings. The average molecular weight is 185 g/mol. The van der Waals surface area contributed by atoms with Gasteiger partial charge >= 0.3 is 0 Å². The van der Waals surface area contributed by atoms with Crippen LogP contribution >= 0.6 is 0 Å². The molecule has 0 aromatic heterocycles. The molecule has 0 saturated carbocycles. The van der Waals surface area contributed by atoms with Crippen molar-refractivity contribution in [1.29, 1.82) is 0 Å². The summed E-state index contributed by atoms with van der Waals surface area (Å²) in [4.78, 5) is 0. The predicted molar refractivity (Wildman–Crippen MR) is 61.3 cm³/mol. The number of rotatable bonds is 1. The van der Waals surface area contributed by atoms with Gasteiger partial charge in [-0.1, -0.05) is 35.9 Å². The minimum atomic E-state index is 0.111. The normalized spacial score (nSPS) is 13.1. The maximum Gasteiger partial charge on any atom is 0.0266 e. The Labute approximate surface area is 84.5 Å². The number of hydrogen-bond acceptors (Lipinski definition) is 1. The summed E-state index contributed by atoms with van der Waals surface area (Å²) in [5, 5.41) is 2.56. The quantitative estimate of drug-likeness (QED) is 0.725. The second kappa shape index (κ2) is 3.43. The summed E-state index contributed by atoms with van der Waals surface area (Å²) >= 11 is 0. The molecule has 0 fully saturated rings. The number of fused-ring (bicyclic) bond motifs is 1. The lowest BCUT2D eigenvalue weighted by Gasteiger charge is -2.07. The topological polar surface area (TPSA) is 26.0 Å². The molecule has 2 rings (SSSR count). The van der Waals surface area contributed by atoms with Crippen LogP contribution in [0.4, 0.5) is 0 Å². The van der Waals surface area contributed by atoms with Crippen LogP contribution in [0.15, 0.2) is 36.4 Å². The Kier molecular flexibility index (Phi) is 2.26. The van der Waals surface area contributed by atoms with Gasteiger partial charge in [0.1, 0.15) is 0 Å². The average Bonchev–Trinajstić information content (AvgIpc) is 2.16. The first-order valence-electron chi connectivity index (χ1n) is 4.93. The van der Waals surface area contributed by atoms with Crippen LogP contribution in [0.2, 0.25) is 0 Å². The van der Waals surface area contributed by atoms with Gasteiger partial charge in [-0.3, -0.25) is 0 Å². The third kappa shape index (κ3) is 1.64. The second-order valence-electron chi connectivity index (χ2n) is 3.90. The number of nitrogens with two attached hydrogens (primary N) is 1. The Morgan fingerprint density at radius 2 is 1.71 bits per heavy atom. The maximum absolute atomic E-state index is 5.84. The zero-order valence-electron chi connectivity index (χ0n) is 8.62. The minimum absolute atomic E-state index is 0.111. The van der Waals surface area contributed by atoms with Gasteiger partial charge in [0.25, 0.3) is 0 Å². The summed E-state index contributed by atoms with van der Waals surface area (Å²) in [5.74, 6) is 0. The minimum Gasteiger partial charge on any atom is -0.324 e.